The number of fused-ring (bicyclic) bond motifs is 1. The average Bonchev–Trinajstić information content (AvgIpc) is 3.47. The van der Waals surface area contributed by atoms with Crippen molar-refractivity contribution < 1.29 is 22.3 Å². The molecule has 3 fully saturated rings. The molecule has 3 atom stereocenters. The van der Waals surface area contributed by atoms with Gasteiger partial charge in [-0.25, -0.2) is 27.8 Å². The Morgan fingerprint density at radius 3 is 2.66 bits per heavy atom. The molecule has 1 N–H and O–H groups in total. The van der Waals surface area contributed by atoms with Gasteiger partial charge in [0, 0.05) is 75.0 Å². The van der Waals surface area contributed by atoms with Gasteiger partial charge in [0.15, 0.2) is 0 Å². The molecule has 14 heteroatoms. The lowest BCUT2D eigenvalue weighted by Crippen LogP contribution is -2.50. The molecule has 6 rings (SSSR count). The minimum atomic E-state index is -3.07. The first-order chi connectivity index (χ1) is 21.1. The highest BCUT2D eigenvalue weighted by atomic mass is 32.2. The van der Waals surface area contributed by atoms with Crippen LogP contribution in [-0.2, 0) is 19.4 Å². The number of hydrogen-bond donors (Lipinski definition) is 1. The number of nitrogens with zero attached hydrogens (tertiary/aromatic N) is 7. The maximum absolute atomic E-state index is 14.5. The number of aromatic nitrogens is 4. The van der Waals surface area contributed by atoms with Crippen molar-refractivity contribution in [3.8, 4) is 0 Å². The van der Waals surface area contributed by atoms with Crippen molar-refractivity contribution in [3.05, 3.63) is 48.9 Å². The van der Waals surface area contributed by atoms with Gasteiger partial charge in [-0.1, -0.05) is 6.58 Å². The Hall–Kier alpha value is -3.91. The van der Waals surface area contributed by atoms with Gasteiger partial charge in [0.2, 0.25) is 11.9 Å². The number of methoxy groups -OCH3 is 1. The number of carbonyl (C=O) groups excluding carboxylic acids is 1. The van der Waals surface area contributed by atoms with Gasteiger partial charge in [0.25, 0.3) is 0 Å². The Morgan fingerprint density at radius 2 is 1.93 bits per heavy atom. The number of amides is 1. The quantitative estimate of drug-likeness (QED) is 0.352. The predicted octanol–water partition coefficient (Wildman–Crippen LogP) is 3.06. The highest BCUT2D eigenvalue weighted by molar-refractivity contribution is 7.90. The number of carbonyl (C=O) groups is 1. The van der Waals surface area contributed by atoms with Crippen molar-refractivity contribution in [2.75, 3.05) is 67.0 Å². The van der Waals surface area contributed by atoms with Crippen LogP contribution in [0.4, 0.5) is 27.8 Å². The molecule has 0 saturated carbocycles. The van der Waals surface area contributed by atoms with E-state index in [1.54, 1.807) is 18.5 Å². The lowest BCUT2D eigenvalue weighted by Gasteiger charge is -2.40. The Balaban J connectivity index is 1.31. The van der Waals surface area contributed by atoms with E-state index in [4.69, 9.17) is 9.72 Å². The van der Waals surface area contributed by atoms with Crippen LogP contribution >= 0.6 is 0 Å². The minimum absolute atomic E-state index is 0.0471. The number of anilines is 4. The van der Waals surface area contributed by atoms with Gasteiger partial charge in [0.05, 0.1) is 24.4 Å². The highest BCUT2D eigenvalue weighted by Crippen LogP contribution is 2.40. The summed E-state index contributed by atoms with van der Waals surface area (Å²) in [4.78, 5) is 36.9. The van der Waals surface area contributed by atoms with Crippen LogP contribution in [0.25, 0.3) is 10.8 Å². The standard InChI is InChI=1S/C30H37FN8O4S/c1-4-28(40)39-10-5-6-24(39)21-13-34-29(38-15-19(16-38)18-44(3,41)42)22-14-33-27(12-20(21)22)35-26-7-9-32-30(36-26)37-11-8-25(43-2)23(31)17-37/h4,7,9,12-14,19,23-25H,1,5-6,8,10-11,15-18H2,2-3H3,(H,32,33,35,36)/t23-,24?,25+/m0/s1. The molecule has 44 heavy (non-hydrogen) atoms. The molecule has 3 aliphatic rings. The smallest absolute Gasteiger partial charge is 0.246 e. The first-order valence-corrected chi connectivity index (χ1v) is 16.9. The number of pyridine rings is 2. The molecule has 1 amide bonds. The number of ether oxygens (including phenoxy) is 1. The van der Waals surface area contributed by atoms with Gasteiger partial charge in [0.1, 0.15) is 33.5 Å². The number of rotatable bonds is 9. The van der Waals surface area contributed by atoms with E-state index in [9.17, 15) is 17.6 Å². The van der Waals surface area contributed by atoms with Crippen molar-refractivity contribution in [2.24, 2.45) is 5.92 Å². The highest BCUT2D eigenvalue weighted by Gasteiger charge is 2.34. The van der Waals surface area contributed by atoms with Crippen molar-refractivity contribution in [2.45, 2.75) is 37.6 Å². The number of halogens is 1. The number of hydrogen-bond acceptors (Lipinski definition) is 11. The molecule has 0 spiro atoms. The fourth-order valence-electron chi connectivity index (χ4n) is 6.51. The molecule has 0 radical (unpaired) electrons. The molecule has 1 unspecified atom stereocenters. The number of alkyl halides is 1. The molecular weight excluding hydrogens is 587 g/mol. The van der Waals surface area contributed by atoms with E-state index in [1.165, 1.54) is 19.4 Å². The first kappa shape index (κ1) is 30.1. The zero-order valence-corrected chi connectivity index (χ0v) is 25.7. The average molecular weight is 625 g/mol. The van der Waals surface area contributed by atoms with Crippen molar-refractivity contribution in [1.82, 2.24) is 24.8 Å². The van der Waals surface area contributed by atoms with E-state index < -0.39 is 22.1 Å². The minimum Gasteiger partial charge on any atom is -0.378 e. The van der Waals surface area contributed by atoms with Crippen LogP contribution in [0.1, 0.15) is 30.9 Å². The topological polar surface area (TPSA) is 134 Å². The van der Waals surface area contributed by atoms with Crippen LogP contribution in [-0.4, -0.2) is 103 Å². The maximum atomic E-state index is 14.5. The van der Waals surface area contributed by atoms with Gasteiger partial charge in [-0.15, -0.1) is 0 Å². The van der Waals surface area contributed by atoms with E-state index in [0.29, 0.717) is 50.2 Å². The first-order valence-electron chi connectivity index (χ1n) is 14.8. The number of likely N-dealkylation sites (tertiary alicyclic amines) is 1. The zero-order chi connectivity index (χ0) is 31.0. The third kappa shape index (κ3) is 6.18. The van der Waals surface area contributed by atoms with E-state index in [2.05, 4.69) is 31.7 Å². The zero-order valence-electron chi connectivity index (χ0n) is 24.9. The summed E-state index contributed by atoms with van der Waals surface area (Å²) in [6.45, 7) is 6.23. The van der Waals surface area contributed by atoms with Gasteiger partial charge in [-0.3, -0.25) is 4.79 Å². The summed E-state index contributed by atoms with van der Waals surface area (Å²) in [5.74, 6) is 2.28. The number of piperidine rings is 1. The van der Waals surface area contributed by atoms with E-state index in [1.807, 2.05) is 22.1 Å². The van der Waals surface area contributed by atoms with Crippen LogP contribution in [0, 0.1) is 5.92 Å². The number of nitrogens with one attached hydrogen (secondary N) is 1. The maximum Gasteiger partial charge on any atom is 0.246 e. The summed E-state index contributed by atoms with van der Waals surface area (Å²) >= 11 is 0. The third-order valence-corrected chi connectivity index (χ3v) is 9.69. The van der Waals surface area contributed by atoms with Gasteiger partial charge < -0.3 is 24.8 Å². The summed E-state index contributed by atoms with van der Waals surface area (Å²) in [5.41, 5.74) is 0.911. The molecule has 3 saturated heterocycles. The SMILES string of the molecule is C=CC(=O)N1CCCC1c1cnc(N2CC(CS(C)(=O)=O)C2)c2cnc(Nc3ccnc(N4CC[C@@H](OC)[C@@H](F)C4)n3)cc12. The van der Waals surface area contributed by atoms with Crippen molar-refractivity contribution >= 4 is 49.9 Å². The Labute approximate surface area is 256 Å². The Morgan fingerprint density at radius 1 is 1.11 bits per heavy atom. The molecule has 0 aliphatic carbocycles. The van der Waals surface area contributed by atoms with Crippen molar-refractivity contribution in [3.63, 3.8) is 0 Å². The fourth-order valence-corrected chi connectivity index (χ4v) is 7.57. The Kier molecular flexibility index (Phi) is 8.38. The fraction of sp³-hybridized carbons (Fsp3) is 0.500. The largest absolute Gasteiger partial charge is 0.378 e. The van der Waals surface area contributed by atoms with E-state index in [-0.39, 0.29) is 30.2 Å². The van der Waals surface area contributed by atoms with Crippen LogP contribution in [0.3, 0.4) is 0 Å². The van der Waals surface area contributed by atoms with Crippen molar-refractivity contribution in [1.29, 1.82) is 0 Å². The lowest BCUT2D eigenvalue weighted by molar-refractivity contribution is -0.126. The molecule has 0 bridgehead atoms. The second kappa shape index (κ2) is 12.2. The molecule has 12 nitrogen and oxygen atoms in total. The summed E-state index contributed by atoms with van der Waals surface area (Å²) in [7, 11) is -1.55. The predicted molar refractivity (Wildman–Crippen MR) is 167 cm³/mol. The molecule has 3 aliphatic heterocycles. The monoisotopic (exact) mass is 624 g/mol. The normalized spacial score (nSPS) is 22.7. The molecule has 6 heterocycles. The van der Waals surface area contributed by atoms with Crippen LogP contribution < -0.4 is 15.1 Å². The summed E-state index contributed by atoms with van der Waals surface area (Å²) in [5, 5.41) is 4.99. The summed E-state index contributed by atoms with van der Waals surface area (Å²) in [6, 6.07) is 3.50. The third-order valence-electron chi connectivity index (χ3n) is 8.61. The summed E-state index contributed by atoms with van der Waals surface area (Å²) < 4.78 is 43.4. The van der Waals surface area contributed by atoms with Crippen LogP contribution in [0.15, 0.2) is 43.4 Å². The molecular formula is C30H37FN8O4S. The second-order valence-corrected chi connectivity index (χ2v) is 14.0. The van der Waals surface area contributed by atoms with Gasteiger partial charge >= 0.3 is 0 Å². The van der Waals surface area contributed by atoms with Crippen LogP contribution in [0.5, 0.6) is 0 Å². The summed E-state index contributed by atoms with van der Waals surface area (Å²) in [6.07, 6.45) is 8.46. The van der Waals surface area contributed by atoms with Gasteiger partial charge in [-0.05, 0) is 42.9 Å². The van der Waals surface area contributed by atoms with Gasteiger partial charge in [-0.2, -0.15) is 4.98 Å². The molecule has 0 aromatic carbocycles. The number of sulfone groups is 1. The lowest BCUT2D eigenvalue weighted by atomic mass is 9.97. The second-order valence-electron chi connectivity index (χ2n) is 11.8. The van der Waals surface area contributed by atoms with E-state index >= 15 is 0 Å². The van der Waals surface area contributed by atoms with Crippen LogP contribution in [0.2, 0.25) is 0 Å². The molecule has 3 aromatic rings. The Bertz CT molecular complexity index is 1670. The van der Waals surface area contributed by atoms with E-state index in [0.717, 1.165) is 35.0 Å². The molecule has 234 valence electrons. The molecule has 3 aromatic heterocycles.